The predicted molar refractivity (Wildman–Crippen MR) is 74.7 cm³/mol. The van der Waals surface area contributed by atoms with E-state index in [4.69, 9.17) is 0 Å². The van der Waals surface area contributed by atoms with Crippen molar-refractivity contribution in [3.8, 4) is 0 Å². The molecule has 0 atom stereocenters. The third kappa shape index (κ3) is 2.14. The van der Waals surface area contributed by atoms with Crippen LogP contribution in [0.1, 0.15) is 16.8 Å². The van der Waals surface area contributed by atoms with Crippen LogP contribution in [0.15, 0.2) is 48.7 Å². The molecule has 0 radical (unpaired) electrons. The maximum atomic E-state index is 4.36. The number of hydrogen-bond acceptors (Lipinski definition) is 1. The molecule has 0 spiro atoms. The van der Waals surface area contributed by atoms with E-state index in [9.17, 15) is 0 Å². The Morgan fingerprint density at radius 2 is 1.89 bits per heavy atom. The Bertz CT molecular complexity index is 653. The lowest BCUT2D eigenvalue weighted by molar-refractivity contribution is 0.928. The van der Waals surface area contributed by atoms with Crippen LogP contribution in [0, 0.1) is 6.92 Å². The highest BCUT2D eigenvalue weighted by molar-refractivity contribution is 5.79. The molecule has 0 aliphatic heterocycles. The fraction of sp³-hybridized carbons (Fsp3) is 0.188. The first kappa shape index (κ1) is 11.0. The molecule has 0 unspecified atom stereocenters. The molecule has 2 heterocycles. The fourth-order valence-electron chi connectivity index (χ4n) is 2.27. The van der Waals surface area contributed by atoms with Crippen LogP contribution in [0.25, 0.3) is 11.0 Å². The lowest BCUT2D eigenvalue weighted by Crippen LogP contribution is -1.90. The monoisotopic (exact) mass is 236 g/mol. The van der Waals surface area contributed by atoms with E-state index in [0.717, 1.165) is 18.5 Å². The second-order valence-corrected chi connectivity index (χ2v) is 4.67. The molecule has 90 valence electrons. The number of nitrogens with one attached hydrogen (secondary N) is 1. The van der Waals surface area contributed by atoms with E-state index in [1.54, 1.807) is 0 Å². The summed E-state index contributed by atoms with van der Waals surface area (Å²) in [5.74, 6) is 0. The highest BCUT2D eigenvalue weighted by Gasteiger charge is 2.04. The number of nitrogens with zero attached hydrogens (tertiary/aromatic N) is 1. The Morgan fingerprint density at radius 1 is 1.06 bits per heavy atom. The normalized spacial score (nSPS) is 10.9. The van der Waals surface area contributed by atoms with Crippen LogP contribution in [-0.2, 0) is 12.8 Å². The number of hydrogen-bond donors (Lipinski definition) is 1. The van der Waals surface area contributed by atoms with Crippen LogP contribution >= 0.6 is 0 Å². The number of benzene rings is 1. The molecule has 0 fully saturated rings. The van der Waals surface area contributed by atoms with Crippen LogP contribution in [0.2, 0.25) is 0 Å². The number of pyridine rings is 1. The van der Waals surface area contributed by atoms with Crippen molar-refractivity contribution in [2.45, 2.75) is 19.8 Å². The second-order valence-electron chi connectivity index (χ2n) is 4.67. The van der Waals surface area contributed by atoms with Gasteiger partial charge >= 0.3 is 0 Å². The molecular formula is C16H16N2. The van der Waals surface area contributed by atoms with Crippen LogP contribution in [0.3, 0.4) is 0 Å². The summed E-state index contributed by atoms with van der Waals surface area (Å²) >= 11 is 0. The van der Waals surface area contributed by atoms with Crippen molar-refractivity contribution in [2.75, 3.05) is 0 Å². The van der Waals surface area contributed by atoms with Gasteiger partial charge in [0.05, 0.1) is 0 Å². The molecule has 0 saturated carbocycles. The molecule has 2 nitrogen and oxygen atoms in total. The number of H-pyrrole nitrogens is 1. The van der Waals surface area contributed by atoms with E-state index in [1.807, 2.05) is 6.20 Å². The van der Waals surface area contributed by atoms with Gasteiger partial charge in [0.15, 0.2) is 0 Å². The van der Waals surface area contributed by atoms with Crippen LogP contribution in [0.4, 0.5) is 0 Å². The summed E-state index contributed by atoms with van der Waals surface area (Å²) in [5.41, 5.74) is 4.91. The topological polar surface area (TPSA) is 28.7 Å². The molecule has 3 rings (SSSR count). The van der Waals surface area contributed by atoms with Gasteiger partial charge in [-0.3, -0.25) is 0 Å². The molecule has 1 N–H and O–H groups in total. The van der Waals surface area contributed by atoms with E-state index in [1.165, 1.54) is 22.2 Å². The van der Waals surface area contributed by atoms with Crippen LogP contribution < -0.4 is 0 Å². The number of fused-ring (bicyclic) bond motifs is 1. The molecule has 1 aromatic carbocycles. The Balaban J connectivity index is 1.81. The fourth-order valence-corrected chi connectivity index (χ4v) is 2.27. The van der Waals surface area contributed by atoms with Gasteiger partial charge in [-0.1, -0.05) is 30.3 Å². The first-order valence-corrected chi connectivity index (χ1v) is 6.30. The number of aromatic nitrogens is 2. The summed E-state index contributed by atoms with van der Waals surface area (Å²) < 4.78 is 0. The smallest absolute Gasteiger partial charge is 0.137 e. The van der Waals surface area contributed by atoms with Gasteiger partial charge in [0.25, 0.3) is 0 Å². The molecule has 0 bridgehead atoms. The summed E-state index contributed by atoms with van der Waals surface area (Å²) in [5, 5.41) is 1.24. The lowest BCUT2D eigenvalue weighted by atomic mass is 10.1. The summed E-state index contributed by atoms with van der Waals surface area (Å²) in [7, 11) is 0. The zero-order valence-electron chi connectivity index (χ0n) is 10.5. The van der Waals surface area contributed by atoms with Gasteiger partial charge in [0, 0.05) is 17.3 Å². The molecule has 0 saturated heterocycles. The van der Waals surface area contributed by atoms with Crippen molar-refractivity contribution >= 4 is 11.0 Å². The average molecular weight is 236 g/mol. The van der Waals surface area contributed by atoms with E-state index in [0.29, 0.717) is 0 Å². The highest BCUT2D eigenvalue weighted by Crippen LogP contribution is 2.18. The highest BCUT2D eigenvalue weighted by atomic mass is 14.8. The molecule has 0 amide bonds. The maximum absolute atomic E-state index is 4.36. The molecule has 18 heavy (non-hydrogen) atoms. The van der Waals surface area contributed by atoms with E-state index < -0.39 is 0 Å². The Morgan fingerprint density at radius 3 is 2.67 bits per heavy atom. The van der Waals surface area contributed by atoms with Crippen molar-refractivity contribution in [3.05, 3.63) is 65.5 Å². The van der Waals surface area contributed by atoms with Gasteiger partial charge in [0.1, 0.15) is 5.65 Å². The largest absolute Gasteiger partial charge is 0.343 e. The van der Waals surface area contributed by atoms with Gasteiger partial charge in [-0.2, -0.15) is 0 Å². The maximum Gasteiger partial charge on any atom is 0.137 e. The number of aryl methyl sites for hydroxylation is 3. The third-order valence-corrected chi connectivity index (χ3v) is 3.33. The van der Waals surface area contributed by atoms with Crippen molar-refractivity contribution in [1.82, 2.24) is 9.97 Å². The van der Waals surface area contributed by atoms with Crippen LogP contribution in [-0.4, -0.2) is 9.97 Å². The molecule has 3 aromatic rings. The van der Waals surface area contributed by atoms with E-state index in [-0.39, 0.29) is 0 Å². The zero-order chi connectivity index (χ0) is 12.4. The summed E-state index contributed by atoms with van der Waals surface area (Å²) in [6.45, 7) is 2.12. The second kappa shape index (κ2) is 4.65. The standard InChI is InChI=1S/C16H16N2/c1-12-9-10-17-16-15(12)11-14(18-16)8-7-13-5-3-2-4-6-13/h2-6,9-11H,7-8H2,1H3,(H,17,18). The number of rotatable bonds is 3. The first-order valence-electron chi connectivity index (χ1n) is 6.30. The lowest BCUT2D eigenvalue weighted by Gasteiger charge is -1.98. The van der Waals surface area contributed by atoms with E-state index >= 15 is 0 Å². The molecule has 2 aromatic heterocycles. The molecule has 2 heteroatoms. The van der Waals surface area contributed by atoms with Crippen molar-refractivity contribution < 1.29 is 0 Å². The molecule has 0 aliphatic rings. The van der Waals surface area contributed by atoms with Crippen molar-refractivity contribution in [2.24, 2.45) is 0 Å². The van der Waals surface area contributed by atoms with E-state index in [2.05, 4.69) is 59.4 Å². The zero-order valence-corrected chi connectivity index (χ0v) is 10.5. The minimum Gasteiger partial charge on any atom is -0.343 e. The Kier molecular flexibility index (Phi) is 2.85. The van der Waals surface area contributed by atoms with Gasteiger partial charge in [-0.25, -0.2) is 4.98 Å². The molecular weight excluding hydrogens is 220 g/mol. The summed E-state index contributed by atoms with van der Waals surface area (Å²) in [6.07, 6.45) is 3.95. The minimum atomic E-state index is 0.998. The van der Waals surface area contributed by atoms with Crippen molar-refractivity contribution in [1.29, 1.82) is 0 Å². The third-order valence-electron chi connectivity index (χ3n) is 3.33. The number of aromatic amines is 1. The van der Waals surface area contributed by atoms with Gasteiger partial charge in [0.2, 0.25) is 0 Å². The molecule has 0 aliphatic carbocycles. The first-order chi connectivity index (χ1) is 8.83. The summed E-state index contributed by atoms with van der Waals surface area (Å²) in [6, 6.07) is 14.9. The van der Waals surface area contributed by atoms with Crippen LogP contribution in [0.5, 0.6) is 0 Å². The van der Waals surface area contributed by atoms with Gasteiger partial charge in [-0.15, -0.1) is 0 Å². The van der Waals surface area contributed by atoms with Gasteiger partial charge in [-0.05, 0) is 43.0 Å². The van der Waals surface area contributed by atoms with Gasteiger partial charge < -0.3 is 4.98 Å². The average Bonchev–Trinajstić information content (AvgIpc) is 2.82. The minimum absolute atomic E-state index is 0.998. The SMILES string of the molecule is Cc1ccnc2[nH]c(CCc3ccccc3)cc12. The predicted octanol–water partition coefficient (Wildman–Crippen LogP) is 3.66. The Labute approximate surface area is 107 Å². The van der Waals surface area contributed by atoms with Crippen molar-refractivity contribution in [3.63, 3.8) is 0 Å². The quantitative estimate of drug-likeness (QED) is 0.738. The summed E-state index contributed by atoms with van der Waals surface area (Å²) in [4.78, 5) is 7.76. The Hall–Kier alpha value is -2.09.